The monoisotopic (exact) mass is 232 g/mol. The number of aromatic amines is 1. The molecule has 4 nitrogen and oxygen atoms in total. The lowest BCUT2D eigenvalue weighted by Crippen LogP contribution is -1.87. The predicted molar refractivity (Wildman–Crippen MR) is 60.7 cm³/mol. The summed E-state index contributed by atoms with van der Waals surface area (Å²) in [5.41, 5.74) is 1.80. The van der Waals surface area contributed by atoms with E-state index in [0.717, 1.165) is 6.08 Å². The predicted octanol–water partition coefficient (Wildman–Crippen LogP) is 2.31. The summed E-state index contributed by atoms with van der Waals surface area (Å²) in [6.07, 6.45) is 3.90. The summed E-state index contributed by atoms with van der Waals surface area (Å²) in [7, 11) is 0. The highest BCUT2D eigenvalue weighted by molar-refractivity contribution is 5.87. The molecule has 2 aromatic rings. The number of carbonyl (C=O) groups is 1. The Hall–Kier alpha value is -2.43. The summed E-state index contributed by atoms with van der Waals surface area (Å²) in [6.45, 7) is 0. The molecular weight excluding hydrogens is 223 g/mol. The fraction of sp³-hybridized carbons (Fsp3) is 0. The van der Waals surface area contributed by atoms with Crippen molar-refractivity contribution in [2.75, 3.05) is 0 Å². The normalized spacial score (nSPS) is 10.9. The molecule has 0 aliphatic carbocycles. The van der Waals surface area contributed by atoms with Crippen LogP contribution in [0.15, 0.2) is 36.5 Å². The maximum atomic E-state index is 13.1. The number of benzene rings is 1. The Kier molecular flexibility index (Phi) is 3.00. The lowest BCUT2D eigenvalue weighted by molar-refractivity contribution is -0.131. The van der Waals surface area contributed by atoms with Gasteiger partial charge in [0, 0.05) is 17.2 Å². The van der Waals surface area contributed by atoms with E-state index in [1.807, 2.05) is 0 Å². The van der Waals surface area contributed by atoms with Gasteiger partial charge in [0.15, 0.2) is 0 Å². The van der Waals surface area contributed by atoms with E-state index in [9.17, 15) is 9.18 Å². The van der Waals surface area contributed by atoms with E-state index in [0.29, 0.717) is 16.8 Å². The van der Waals surface area contributed by atoms with Gasteiger partial charge in [0.1, 0.15) is 5.82 Å². The van der Waals surface area contributed by atoms with Crippen LogP contribution in [0.3, 0.4) is 0 Å². The summed E-state index contributed by atoms with van der Waals surface area (Å²) < 4.78 is 13.1. The number of hydrogen-bond acceptors (Lipinski definition) is 2. The maximum absolute atomic E-state index is 13.1. The third-order valence-electron chi connectivity index (χ3n) is 2.19. The fourth-order valence-electron chi connectivity index (χ4n) is 1.46. The first kappa shape index (κ1) is 11.1. The molecule has 0 radical (unpaired) electrons. The Morgan fingerprint density at radius 2 is 2.29 bits per heavy atom. The van der Waals surface area contributed by atoms with E-state index in [2.05, 4.69) is 10.2 Å². The molecular formula is C12H9FN2O2. The number of hydrogen-bond donors (Lipinski definition) is 2. The third-order valence-corrected chi connectivity index (χ3v) is 2.19. The molecule has 0 bridgehead atoms. The molecule has 0 fully saturated rings. The Morgan fingerprint density at radius 3 is 3.00 bits per heavy atom. The highest BCUT2D eigenvalue weighted by Crippen LogP contribution is 2.22. The molecule has 0 amide bonds. The van der Waals surface area contributed by atoms with Gasteiger partial charge in [-0.15, -0.1) is 0 Å². The second-order valence-corrected chi connectivity index (χ2v) is 3.38. The highest BCUT2D eigenvalue weighted by Gasteiger charge is 2.06. The fourth-order valence-corrected chi connectivity index (χ4v) is 1.46. The molecule has 1 aromatic heterocycles. The topological polar surface area (TPSA) is 66.0 Å². The van der Waals surface area contributed by atoms with E-state index in [4.69, 9.17) is 5.11 Å². The Bertz CT molecular complexity index is 575. The van der Waals surface area contributed by atoms with Gasteiger partial charge < -0.3 is 5.11 Å². The number of carboxylic acid groups (broad SMARTS) is 1. The molecule has 86 valence electrons. The molecule has 2 N–H and O–H groups in total. The lowest BCUT2D eigenvalue weighted by atomic mass is 10.1. The zero-order chi connectivity index (χ0) is 12.3. The smallest absolute Gasteiger partial charge is 0.328 e. The highest BCUT2D eigenvalue weighted by atomic mass is 19.1. The minimum atomic E-state index is -1.05. The van der Waals surface area contributed by atoms with Crippen LogP contribution in [0, 0.1) is 5.82 Å². The van der Waals surface area contributed by atoms with Crippen LogP contribution in [-0.2, 0) is 4.79 Å². The minimum absolute atomic E-state index is 0.356. The first-order chi connectivity index (χ1) is 8.16. The van der Waals surface area contributed by atoms with Crippen LogP contribution in [0.25, 0.3) is 17.3 Å². The number of aromatic nitrogens is 2. The van der Waals surface area contributed by atoms with Gasteiger partial charge >= 0.3 is 5.97 Å². The number of carboxylic acids is 1. The van der Waals surface area contributed by atoms with Gasteiger partial charge in [-0.05, 0) is 18.2 Å². The van der Waals surface area contributed by atoms with Crippen molar-refractivity contribution in [3.8, 4) is 11.3 Å². The molecule has 0 unspecified atom stereocenters. The molecule has 0 aliphatic heterocycles. The second-order valence-electron chi connectivity index (χ2n) is 3.38. The SMILES string of the molecule is O=C(O)C=Cc1cn[nH]c1-c1cccc(F)c1. The van der Waals surface area contributed by atoms with Crippen molar-refractivity contribution >= 4 is 12.0 Å². The van der Waals surface area contributed by atoms with Crippen molar-refractivity contribution in [2.24, 2.45) is 0 Å². The molecule has 0 saturated heterocycles. The number of nitrogens with one attached hydrogen (secondary N) is 1. The van der Waals surface area contributed by atoms with Gasteiger partial charge in [-0.2, -0.15) is 5.10 Å². The van der Waals surface area contributed by atoms with E-state index >= 15 is 0 Å². The van der Waals surface area contributed by atoms with Crippen LogP contribution in [0.4, 0.5) is 4.39 Å². The molecule has 0 saturated carbocycles. The van der Waals surface area contributed by atoms with Gasteiger partial charge in [0.05, 0.1) is 11.9 Å². The molecule has 0 aliphatic rings. The summed E-state index contributed by atoms with van der Waals surface area (Å²) in [4.78, 5) is 10.4. The molecule has 0 atom stereocenters. The van der Waals surface area contributed by atoms with E-state index in [1.165, 1.54) is 24.4 Å². The van der Waals surface area contributed by atoms with Crippen LogP contribution in [0.2, 0.25) is 0 Å². The Balaban J connectivity index is 2.40. The van der Waals surface area contributed by atoms with Crippen molar-refractivity contribution in [1.82, 2.24) is 10.2 Å². The van der Waals surface area contributed by atoms with Gasteiger partial charge in [0.25, 0.3) is 0 Å². The first-order valence-corrected chi connectivity index (χ1v) is 4.87. The van der Waals surface area contributed by atoms with Crippen molar-refractivity contribution in [3.05, 3.63) is 47.9 Å². The summed E-state index contributed by atoms with van der Waals surface area (Å²) >= 11 is 0. The third kappa shape index (κ3) is 2.57. The second kappa shape index (κ2) is 4.61. The van der Waals surface area contributed by atoms with Crippen molar-refractivity contribution < 1.29 is 14.3 Å². The zero-order valence-electron chi connectivity index (χ0n) is 8.72. The first-order valence-electron chi connectivity index (χ1n) is 4.87. The van der Waals surface area contributed by atoms with Crippen molar-refractivity contribution in [1.29, 1.82) is 0 Å². The molecule has 2 rings (SSSR count). The lowest BCUT2D eigenvalue weighted by Gasteiger charge is -1.99. The molecule has 1 aromatic carbocycles. The average molecular weight is 232 g/mol. The number of H-pyrrole nitrogens is 1. The average Bonchev–Trinajstić information content (AvgIpc) is 2.74. The van der Waals surface area contributed by atoms with Gasteiger partial charge in [-0.1, -0.05) is 12.1 Å². The number of aliphatic carboxylic acids is 1. The number of halogens is 1. The van der Waals surface area contributed by atoms with Crippen LogP contribution in [0.1, 0.15) is 5.56 Å². The standard InChI is InChI=1S/C12H9FN2O2/c13-10-3-1-2-8(6-10)12-9(7-14-15-12)4-5-11(16)17/h1-7H,(H,14,15)(H,16,17). The Labute approximate surface area is 96.4 Å². The summed E-state index contributed by atoms with van der Waals surface area (Å²) in [5, 5.41) is 15.1. The zero-order valence-corrected chi connectivity index (χ0v) is 8.72. The molecule has 17 heavy (non-hydrogen) atoms. The van der Waals surface area contributed by atoms with Gasteiger partial charge in [-0.3, -0.25) is 5.10 Å². The molecule has 5 heteroatoms. The van der Waals surface area contributed by atoms with E-state index in [1.54, 1.807) is 12.1 Å². The van der Waals surface area contributed by atoms with Crippen LogP contribution >= 0.6 is 0 Å². The van der Waals surface area contributed by atoms with Crippen LogP contribution in [0.5, 0.6) is 0 Å². The largest absolute Gasteiger partial charge is 0.478 e. The van der Waals surface area contributed by atoms with E-state index in [-0.39, 0.29) is 5.82 Å². The minimum Gasteiger partial charge on any atom is -0.478 e. The van der Waals surface area contributed by atoms with Crippen LogP contribution < -0.4 is 0 Å². The van der Waals surface area contributed by atoms with Crippen molar-refractivity contribution in [2.45, 2.75) is 0 Å². The number of rotatable bonds is 3. The maximum Gasteiger partial charge on any atom is 0.328 e. The van der Waals surface area contributed by atoms with E-state index < -0.39 is 5.97 Å². The van der Waals surface area contributed by atoms with Crippen molar-refractivity contribution in [3.63, 3.8) is 0 Å². The summed E-state index contributed by atoms with van der Waals surface area (Å²) in [6, 6.07) is 5.99. The van der Waals surface area contributed by atoms with Crippen LogP contribution in [-0.4, -0.2) is 21.3 Å². The molecule has 1 heterocycles. The quantitative estimate of drug-likeness (QED) is 0.798. The van der Waals surface area contributed by atoms with Gasteiger partial charge in [0.2, 0.25) is 0 Å². The summed E-state index contributed by atoms with van der Waals surface area (Å²) in [5.74, 6) is -1.40. The van der Waals surface area contributed by atoms with Gasteiger partial charge in [-0.25, -0.2) is 9.18 Å². The number of nitrogens with zero attached hydrogens (tertiary/aromatic N) is 1. The molecule has 0 spiro atoms. The Morgan fingerprint density at radius 1 is 1.47 bits per heavy atom.